The lowest BCUT2D eigenvalue weighted by atomic mass is 10.2. The maximum Gasteiger partial charge on any atom is 0.263 e. The van der Waals surface area contributed by atoms with Crippen LogP contribution in [0.25, 0.3) is 31.2 Å². The van der Waals surface area contributed by atoms with Gasteiger partial charge in [0.05, 0.1) is 11.7 Å². The smallest absolute Gasteiger partial charge is 0.263 e. The van der Waals surface area contributed by atoms with Gasteiger partial charge in [-0.3, -0.25) is 19.5 Å². The van der Waals surface area contributed by atoms with Crippen molar-refractivity contribution < 1.29 is 4.79 Å². The molecule has 0 atom stereocenters. The predicted molar refractivity (Wildman–Crippen MR) is 121 cm³/mol. The van der Waals surface area contributed by atoms with Crippen molar-refractivity contribution in [1.82, 2.24) is 19.7 Å². The maximum absolute atomic E-state index is 13.0. The van der Waals surface area contributed by atoms with Crippen LogP contribution in [0, 0.1) is 0 Å². The molecule has 148 valence electrons. The topological polar surface area (TPSA) is 89.8 Å². The summed E-state index contributed by atoms with van der Waals surface area (Å²) < 4.78 is 1.32. The van der Waals surface area contributed by atoms with Gasteiger partial charge in [-0.05, 0) is 11.4 Å². The Balaban J connectivity index is 1.38. The highest BCUT2D eigenvalue weighted by Gasteiger charge is 2.16. The highest BCUT2D eigenvalue weighted by atomic mass is 32.1. The Bertz CT molecular complexity index is 1390. The lowest BCUT2D eigenvalue weighted by molar-refractivity contribution is -0.116. The fraction of sp³-hybridized carbons (Fsp3) is 0.0500. The molecule has 1 aromatic carbocycles. The zero-order valence-electron chi connectivity index (χ0n) is 15.3. The van der Waals surface area contributed by atoms with Gasteiger partial charge >= 0.3 is 0 Å². The van der Waals surface area contributed by atoms with E-state index in [2.05, 4.69) is 20.5 Å². The molecule has 5 rings (SSSR count). The fourth-order valence-corrected chi connectivity index (χ4v) is 5.46. The second-order valence-electron chi connectivity index (χ2n) is 6.31. The first-order valence-corrected chi connectivity index (χ1v) is 11.5. The van der Waals surface area contributed by atoms with Crippen molar-refractivity contribution in [3.63, 3.8) is 0 Å². The molecule has 1 N–H and O–H groups in total. The summed E-state index contributed by atoms with van der Waals surface area (Å²) >= 11 is 4.27. The van der Waals surface area contributed by atoms with Crippen molar-refractivity contribution in [2.75, 3.05) is 5.32 Å². The van der Waals surface area contributed by atoms with Crippen LogP contribution in [0.15, 0.2) is 64.3 Å². The number of aromatic nitrogens is 4. The van der Waals surface area contributed by atoms with E-state index in [1.807, 2.05) is 53.2 Å². The number of anilines is 1. The van der Waals surface area contributed by atoms with Crippen LogP contribution in [0.5, 0.6) is 0 Å². The summed E-state index contributed by atoms with van der Waals surface area (Å²) in [6.45, 7) is -0.151. The summed E-state index contributed by atoms with van der Waals surface area (Å²) in [6.07, 6.45) is 1.41. The Kier molecular flexibility index (Phi) is 4.95. The molecule has 0 unspecified atom stereocenters. The lowest BCUT2D eigenvalue weighted by Gasteiger charge is -2.05. The molecule has 0 saturated heterocycles. The van der Waals surface area contributed by atoms with E-state index < -0.39 is 0 Å². The third-order valence-corrected chi connectivity index (χ3v) is 7.03. The van der Waals surface area contributed by atoms with Crippen LogP contribution in [0.2, 0.25) is 0 Å². The predicted octanol–water partition coefficient (Wildman–Crippen LogP) is 4.34. The van der Waals surface area contributed by atoms with Gasteiger partial charge in [0.15, 0.2) is 0 Å². The van der Waals surface area contributed by atoms with Gasteiger partial charge in [0.1, 0.15) is 16.4 Å². The summed E-state index contributed by atoms with van der Waals surface area (Å²) in [7, 11) is 0. The first-order valence-electron chi connectivity index (χ1n) is 8.88. The van der Waals surface area contributed by atoms with Gasteiger partial charge in [-0.25, -0.2) is 4.98 Å². The summed E-state index contributed by atoms with van der Waals surface area (Å²) in [5.41, 5.74) is 1.55. The summed E-state index contributed by atoms with van der Waals surface area (Å²) in [6, 6.07) is 13.5. The number of nitrogens with one attached hydrogen (secondary N) is 1. The molecule has 4 heterocycles. The summed E-state index contributed by atoms with van der Waals surface area (Å²) in [4.78, 5) is 31.5. The molecule has 0 radical (unpaired) electrons. The van der Waals surface area contributed by atoms with Crippen molar-refractivity contribution in [2.24, 2.45) is 0 Å². The standard InChI is InChI=1S/C20H13N5O2S3/c26-15(22-20-24-23-17(30-20)12-5-2-1-3-6-12)9-25-11-21-18-16(19(25)27)13(10-29-18)14-7-4-8-28-14/h1-8,10-11H,9H2,(H,22,24,26). The number of benzene rings is 1. The number of fused-ring (bicyclic) bond motifs is 1. The number of carbonyl (C=O) groups excluding carboxylic acids is 1. The molecule has 0 aliphatic carbocycles. The maximum atomic E-state index is 13.0. The molecule has 0 aliphatic rings. The van der Waals surface area contributed by atoms with Gasteiger partial charge in [0.2, 0.25) is 11.0 Å². The minimum absolute atomic E-state index is 0.151. The molecule has 30 heavy (non-hydrogen) atoms. The zero-order chi connectivity index (χ0) is 20.5. The average molecular weight is 452 g/mol. The van der Waals surface area contributed by atoms with E-state index in [0.29, 0.717) is 20.4 Å². The Hall–Kier alpha value is -3.21. The van der Waals surface area contributed by atoms with E-state index in [4.69, 9.17) is 0 Å². The number of thiophene rings is 2. The molecule has 1 amide bonds. The summed E-state index contributed by atoms with van der Waals surface area (Å²) in [5, 5.41) is 16.4. The highest BCUT2D eigenvalue weighted by molar-refractivity contribution is 7.19. The van der Waals surface area contributed by atoms with Crippen molar-refractivity contribution in [1.29, 1.82) is 0 Å². The van der Waals surface area contributed by atoms with Gasteiger partial charge in [-0.1, -0.05) is 47.7 Å². The molecule has 0 spiro atoms. The number of hydrogen-bond acceptors (Lipinski definition) is 8. The largest absolute Gasteiger partial charge is 0.299 e. The molecule has 10 heteroatoms. The van der Waals surface area contributed by atoms with E-state index in [1.54, 1.807) is 11.3 Å². The Morgan fingerprint density at radius 3 is 2.73 bits per heavy atom. The molecule has 0 fully saturated rings. The van der Waals surface area contributed by atoms with Crippen molar-refractivity contribution in [3.8, 4) is 21.0 Å². The van der Waals surface area contributed by atoms with E-state index in [1.165, 1.54) is 33.6 Å². The Morgan fingerprint density at radius 2 is 1.93 bits per heavy atom. The van der Waals surface area contributed by atoms with Crippen molar-refractivity contribution >= 4 is 55.3 Å². The molecular formula is C20H13N5O2S3. The van der Waals surface area contributed by atoms with Gasteiger partial charge in [-0.15, -0.1) is 32.9 Å². The number of rotatable bonds is 5. The zero-order valence-corrected chi connectivity index (χ0v) is 17.8. The van der Waals surface area contributed by atoms with E-state index in [0.717, 1.165) is 16.0 Å². The summed E-state index contributed by atoms with van der Waals surface area (Å²) in [5.74, 6) is -0.359. The molecule has 0 bridgehead atoms. The lowest BCUT2D eigenvalue weighted by Crippen LogP contribution is -2.27. The van der Waals surface area contributed by atoms with Gasteiger partial charge < -0.3 is 0 Å². The van der Waals surface area contributed by atoms with E-state index >= 15 is 0 Å². The Labute approximate surface area is 182 Å². The van der Waals surface area contributed by atoms with E-state index in [-0.39, 0.29) is 18.0 Å². The number of carbonyl (C=O) groups is 1. The second kappa shape index (κ2) is 7.90. The van der Waals surface area contributed by atoms with Gasteiger partial charge in [-0.2, -0.15) is 0 Å². The van der Waals surface area contributed by atoms with E-state index in [9.17, 15) is 9.59 Å². The first-order chi connectivity index (χ1) is 14.7. The van der Waals surface area contributed by atoms with Crippen LogP contribution in [-0.4, -0.2) is 25.7 Å². The van der Waals surface area contributed by atoms with Crippen LogP contribution in [0.3, 0.4) is 0 Å². The minimum atomic E-state index is -0.359. The quantitative estimate of drug-likeness (QED) is 0.429. The minimum Gasteiger partial charge on any atom is -0.299 e. The molecule has 4 aromatic heterocycles. The number of amides is 1. The average Bonchev–Trinajstić information content (AvgIpc) is 3.51. The SMILES string of the molecule is O=C(Cn1cnc2scc(-c3cccs3)c2c1=O)Nc1nnc(-c2ccccc2)s1. The number of nitrogens with zero attached hydrogens (tertiary/aromatic N) is 4. The van der Waals surface area contributed by atoms with Crippen molar-refractivity contribution in [3.05, 3.63) is 69.9 Å². The van der Waals surface area contributed by atoms with Crippen LogP contribution < -0.4 is 10.9 Å². The Morgan fingerprint density at radius 1 is 1.07 bits per heavy atom. The third-order valence-electron chi connectivity index (χ3n) is 4.35. The molecule has 0 aliphatic heterocycles. The molecule has 0 saturated carbocycles. The van der Waals surface area contributed by atoms with Gasteiger partial charge in [0.25, 0.3) is 5.56 Å². The number of hydrogen-bond donors (Lipinski definition) is 1. The first kappa shape index (κ1) is 18.8. The van der Waals surface area contributed by atoms with Gasteiger partial charge in [0, 0.05) is 21.4 Å². The van der Waals surface area contributed by atoms with Crippen molar-refractivity contribution in [2.45, 2.75) is 6.54 Å². The van der Waals surface area contributed by atoms with Crippen LogP contribution in [-0.2, 0) is 11.3 Å². The molecule has 7 nitrogen and oxygen atoms in total. The monoisotopic (exact) mass is 451 g/mol. The fourth-order valence-electron chi connectivity index (χ4n) is 2.98. The van der Waals surface area contributed by atoms with Crippen LogP contribution >= 0.6 is 34.0 Å². The normalized spacial score (nSPS) is 11.1. The molecule has 5 aromatic rings. The second-order valence-corrected chi connectivity index (χ2v) is 9.09. The third kappa shape index (κ3) is 3.56. The highest BCUT2D eigenvalue weighted by Crippen LogP contribution is 2.33. The van der Waals surface area contributed by atoms with Crippen LogP contribution in [0.1, 0.15) is 0 Å². The van der Waals surface area contributed by atoms with Crippen LogP contribution in [0.4, 0.5) is 5.13 Å². The molecular weight excluding hydrogens is 438 g/mol.